The Labute approximate surface area is 643 Å². The van der Waals surface area contributed by atoms with E-state index < -0.39 is 97.5 Å². The lowest BCUT2D eigenvalue weighted by atomic mass is 10.0. The first-order valence-electron chi connectivity index (χ1n) is 41.1. The van der Waals surface area contributed by atoms with Crippen LogP contribution in [0.15, 0.2) is 146 Å². The van der Waals surface area contributed by atoms with Gasteiger partial charge in [0.1, 0.15) is 19.3 Å². The molecule has 0 aliphatic rings. The highest BCUT2D eigenvalue weighted by Crippen LogP contribution is 2.45. The van der Waals surface area contributed by atoms with E-state index in [1.165, 1.54) is 51.4 Å². The van der Waals surface area contributed by atoms with Crippen molar-refractivity contribution in [3.8, 4) is 0 Å². The van der Waals surface area contributed by atoms with E-state index in [0.717, 1.165) is 193 Å². The third kappa shape index (κ3) is 77.1. The summed E-state index contributed by atoms with van der Waals surface area (Å²) in [5.74, 6) is -2.24. The normalized spacial score (nSPS) is 14.6. The molecule has 0 bridgehead atoms. The number of ether oxygens (including phenoxy) is 4. The molecule has 0 heterocycles. The molecular weight excluding hydrogens is 1380 g/mol. The number of hydrogen-bond acceptors (Lipinski definition) is 15. The molecule has 0 aliphatic carbocycles. The Morgan fingerprint density at radius 1 is 0.274 bits per heavy atom. The molecule has 0 fully saturated rings. The van der Waals surface area contributed by atoms with Crippen LogP contribution in [0, 0.1) is 0 Å². The van der Waals surface area contributed by atoms with E-state index in [1.807, 2.05) is 0 Å². The fourth-order valence-corrected chi connectivity index (χ4v) is 12.2. The number of aliphatic hydroxyl groups is 1. The Balaban J connectivity index is 5.42. The highest BCUT2D eigenvalue weighted by molar-refractivity contribution is 7.47. The number of carbonyl (C=O) groups is 4. The van der Waals surface area contributed by atoms with Gasteiger partial charge in [-0.3, -0.25) is 37.3 Å². The van der Waals surface area contributed by atoms with Gasteiger partial charge in [-0.05, 0) is 141 Å². The fourth-order valence-electron chi connectivity index (χ4n) is 10.7. The maximum absolute atomic E-state index is 13.1. The maximum atomic E-state index is 13.1. The van der Waals surface area contributed by atoms with Crippen LogP contribution in [0.5, 0.6) is 0 Å². The van der Waals surface area contributed by atoms with Gasteiger partial charge in [-0.1, -0.05) is 302 Å². The second kappa shape index (κ2) is 78.1. The highest BCUT2D eigenvalue weighted by atomic mass is 31.2. The van der Waals surface area contributed by atoms with E-state index >= 15 is 0 Å². The van der Waals surface area contributed by atoms with Crippen molar-refractivity contribution >= 4 is 39.5 Å². The summed E-state index contributed by atoms with van der Waals surface area (Å²) >= 11 is 0. The van der Waals surface area contributed by atoms with Crippen molar-refractivity contribution in [1.29, 1.82) is 0 Å². The van der Waals surface area contributed by atoms with Crippen molar-refractivity contribution in [2.45, 2.75) is 341 Å². The third-order valence-electron chi connectivity index (χ3n) is 16.8. The third-order valence-corrected chi connectivity index (χ3v) is 18.7. The number of aliphatic hydroxyl groups excluding tert-OH is 1. The van der Waals surface area contributed by atoms with Crippen molar-refractivity contribution in [3.63, 3.8) is 0 Å². The number of rotatable bonds is 76. The Morgan fingerprint density at radius 3 is 0.764 bits per heavy atom. The summed E-state index contributed by atoms with van der Waals surface area (Å²) in [5, 5.41) is 10.7. The quantitative estimate of drug-likeness (QED) is 0.0169. The topological polar surface area (TPSA) is 237 Å². The first-order chi connectivity index (χ1) is 51.7. The molecule has 0 radical (unpaired) electrons. The second-order valence-corrected chi connectivity index (χ2v) is 29.8. The predicted octanol–water partition coefficient (Wildman–Crippen LogP) is 24.2. The molecule has 606 valence electrons. The predicted molar refractivity (Wildman–Crippen MR) is 436 cm³/mol. The Morgan fingerprint density at radius 2 is 0.491 bits per heavy atom. The van der Waals surface area contributed by atoms with E-state index in [9.17, 15) is 43.2 Å². The van der Waals surface area contributed by atoms with Crippen LogP contribution in [0.4, 0.5) is 0 Å². The first kappa shape index (κ1) is 101. The van der Waals surface area contributed by atoms with E-state index in [1.54, 1.807) is 0 Å². The monoisotopic (exact) mass is 1530 g/mol. The smallest absolute Gasteiger partial charge is 0.462 e. The lowest BCUT2D eigenvalue weighted by Gasteiger charge is -2.21. The average molecular weight is 1530 g/mol. The molecule has 0 aromatic carbocycles. The molecular formula is C87H146O17P2. The van der Waals surface area contributed by atoms with Gasteiger partial charge in [0.25, 0.3) is 0 Å². The van der Waals surface area contributed by atoms with Crippen molar-refractivity contribution in [2.24, 2.45) is 0 Å². The first-order valence-corrected chi connectivity index (χ1v) is 44.1. The van der Waals surface area contributed by atoms with Crippen LogP contribution in [0.25, 0.3) is 0 Å². The van der Waals surface area contributed by atoms with Gasteiger partial charge >= 0.3 is 39.5 Å². The van der Waals surface area contributed by atoms with Gasteiger partial charge in [0.05, 0.1) is 26.4 Å². The lowest BCUT2D eigenvalue weighted by Crippen LogP contribution is -2.30. The Kier molecular flexibility index (Phi) is 74.3. The zero-order valence-corrected chi connectivity index (χ0v) is 68.1. The van der Waals surface area contributed by atoms with Crippen LogP contribution < -0.4 is 0 Å². The zero-order chi connectivity index (χ0) is 77.4. The molecule has 0 saturated carbocycles. The molecule has 0 amide bonds. The summed E-state index contributed by atoms with van der Waals surface area (Å²) in [4.78, 5) is 73.1. The number of allylic oxidation sites excluding steroid dienone is 24. The van der Waals surface area contributed by atoms with Crippen LogP contribution >= 0.6 is 15.6 Å². The van der Waals surface area contributed by atoms with Gasteiger partial charge in [-0.2, -0.15) is 0 Å². The molecule has 5 atom stereocenters. The van der Waals surface area contributed by atoms with E-state index in [2.05, 4.69) is 174 Å². The summed E-state index contributed by atoms with van der Waals surface area (Å²) in [7, 11) is -9.98. The Bertz CT molecular complexity index is 2580. The van der Waals surface area contributed by atoms with Crippen molar-refractivity contribution < 1.29 is 80.2 Å². The molecule has 17 nitrogen and oxygen atoms in total. The number of esters is 4. The summed E-state index contributed by atoms with van der Waals surface area (Å²) < 4.78 is 68.7. The highest BCUT2D eigenvalue weighted by Gasteiger charge is 2.30. The van der Waals surface area contributed by atoms with E-state index in [0.29, 0.717) is 25.7 Å². The SMILES string of the molecule is CC/C=C\C/C=C\C/C=C\C/C=C\C/C=C\CCCCCC(=O)OCC(COP(=O)(O)OCC(O)COP(=O)(O)OCC(COC(=O)CCCCCC/C=C\C/C=C\C/C=C\C/C=C\CC)OC(=O)CCCCCCCCCCCCCCC)OC(=O)CCCCCCCCC/C=C\C/C=C\C/C=C\CC. The minimum Gasteiger partial charge on any atom is -0.462 e. The number of unbranched alkanes of at least 4 members (excludes halogenated alkanes) is 26. The molecule has 19 heteroatoms. The molecule has 0 spiro atoms. The molecule has 0 saturated heterocycles. The Hall–Kier alpha value is -5.06. The molecule has 5 unspecified atom stereocenters. The minimum atomic E-state index is -5.00. The van der Waals surface area contributed by atoms with Crippen LogP contribution in [0.1, 0.15) is 323 Å². The second-order valence-electron chi connectivity index (χ2n) is 26.9. The van der Waals surface area contributed by atoms with Crippen LogP contribution in [0.3, 0.4) is 0 Å². The largest absolute Gasteiger partial charge is 0.472 e. The number of hydrogen-bond donors (Lipinski definition) is 3. The number of phosphoric ester groups is 2. The minimum absolute atomic E-state index is 0.0719. The van der Waals surface area contributed by atoms with Crippen molar-refractivity contribution in [3.05, 3.63) is 146 Å². The molecule has 3 N–H and O–H groups in total. The standard InChI is InChI=1S/C87H146O17P2/c1-5-9-13-17-21-25-29-33-36-39-40-43-45-49-52-56-60-64-68-72-85(90)98-78-83(104-87(92)74-70-66-62-58-54-50-46-42-38-35-31-27-23-19-15-11-7-3)80-102-106(95,96)100-76-81(88)75-99-105(93,94)101-79-82(103-86(91)73-69-65-61-57-53-47-32-28-24-20-16-12-8-4)77-97-84(89)71-67-63-59-55-51-48-44-41-37-34-30-26-22-18-14-10-6-2/h9-11,13-15,21-23,25-27,33-38,40,43-44,48-49,52,81-83,88H,5-8,12,16-20,24,28-32,39,41-42,45-47,50-51,53-80H2,1-4H3,(H,93,94)(H,95,96)/b13-9-,14-10-,15-11-,25-21-,26-22-,27-23-,36-33-,37-34-,38-35-,43-40-,48-44-,52-49-. The number of carbonyl (C=O) groups excluding carboxylic acids is 4. The van der Waals surface area contributed by atoms with E-state index in [-0.39, 0.29) is 25.7 Å². The summed E-state index contributed by atoms with van der Waals surface area (Å²) in [6, 6.07) is 0. The van der Waals surface area contributed by atoms with Gasteiger partial charge in [-0.15, -0.1) is 0 Å². The summed E-state index contributed by atoms with van der Waals surface area (Å²) in [5.41, 5.74) is 0. The van der Waals surface area contributed by atoms with Crippen LogP contribution in [0.2, 0.25) is 0 Å². The molecule has 0 aromatic rings. The molecule has 0 rings (SSSR count). The lowest BCUT2D eigenvalue weighted by molar-refractivity contribution is -0.161. The molecule has 0 aromatic heterocycles. The van der Waals surface area contributed by atoms with Gasteiger partial charge in [0.2, 0.25) is 0 Å². The fraction of sp³-hybridized carbons (Fsp3) is 0.678. The van der Waals surface area contributed by atoms with Gasteiger partial charge in [0, 0.05) is 25.7 Å². The van der Waals surface area contributed by atoms with E-state index in [4.69, 9.17) is 37.0 Å². The van der Waals surface area contributed by atoms with Gasteiger partial charge < -0.3 is 33.8 Å². The van der Waals surface area contributed by atoms with Crippen LogP contribution in [-0.2, 0) is 65.4 Å². The number of phosphoric acid groups is 2. The zero-order valence-electron chi connectivity index (χ0n) is 66.3. The van der Waals surface area contributed by atoms with Crippen LogP contribution in [-0.4, -0.2) is 96.7 Å². The van der Waals surface area contributed by atoms with Crippen molar-refractivity contribution in [2.75, 3.05) is 39.6 Å². The average Bonchev–Trinajstić information content (AvgIpc) is 0.907. The summed E-state index contributed by atoms with van der Waals surface area (Å²) in [6.07, 6.45) is 89.6. The maximum Gasteiger partial charge on any atom is 0.472 e. The summed E-state index contributed by atoms with van der Waals surface area (Å²) in [6.45, 7) is 4.49. The molecule has 0 aliphatic heterocycles. The van der Waals surface area contributed by atoms with Crippen molar-refractivity contribution in [1.82, 2.24) is 0 Å². The van der Waals surface area contributed by atoms with Gasteiger partial charge in [0.15, 0.2) is 12.2 Å². The van der Waals surface area contributed by atoms with Gasteiger partial charge in [-0.25, -0.2) is 9.13 Å². The molecule has 106 heavy (non-hydrogen) atoms.